The van der Waals surface area contributed by atoms with Crippen molar-refractivity contribution < 1.29 is 9.53 Å². The Kier molecular flexibility index (Phi) is 6.12. The molecule has 1 aromatic carbocycles. The number of ether oxygens (including phenoxy) is 1. The highest BCUT2D eigenvalue weighted by molar-refractivity contribution is 6.05. The molecule has 0 spiro atoms. The standard InChI is InChI=1S/C24H28N4O4/c1-4-28-21-20(23(30)27-24(28)31)18(13-19(26-21)16-5-6-16)22(29)25-11-12-32-17-9-7-15(8-10-17)14(2)3/h7-10,13-14,16H,4-6,11-12H2,1-3H3,(H,25,29)(H,27,30,31). The number of hydrogen-bond donors (Lipinski definition) is 2. The van der Waals surface area contributed by atoms with Crippen molar-refractivity contribution in [3.8, 4) is 5.75 Å². The summed E-state index contributed by atoms with van der Waals surface area (Å²) in [5, 5.41) is 2.96. The van der Waals surface area contributed by atoms with Gasteiger partial charge in [-0.25, -0.2) is 9.78 Å². The van der Waals surface area contributed by atoms with Crippen molar-refractivity contribution in [1.29, 1.82) is 0 Å². The molecule has 8 nitrogen and oxygen atoms in total. The van der Waals surface area contributed by atoms with E-state index in [9.17, 15) is 14.4 Å². The van der Waals surface area contributed by atoms with Crippen LogP contribution < -0.4 is 21.3 Å². The molecule has 0 atom stereocenters. The van der Waals surface area contributed by atoms with E-state index in [4.69, 9.17) is 4.74 Å². The van der Waals surface area contributed by atoms with Gasteiger partial charge in [0.05, 0.1) is 17.5 Å². The third-order valence-corrected chi connectivity index (χ3v) is 5.73. The number of nitrogens with zero attached hydrogens (tertiary/aromatic N) is 2. The van der Waals surface area contributed by atoms with Crippen LogP contribution in [0.3, 0.4) is 0 Å². The SMILES string of the molecule is CCn1c(=O)[nH]c(=O)c2c(C(=O)NCCOc3ccc(C(C)C)cc3)cc(C3CC3)nc21. The fraction of sp³-hybridized carbons (Fsp3) is 0.417. The zero-order valence-corrected chi connectivity index (χ0v) is 18.6. The summed E-state index contributed by atoms with van der Waals surface area (Å²) in [5.41, 5.74) is 1.36. The maximum atomic E-state index is 13.0. The summed E-state index contributed by atoms with van der Waals surface area (Å²) in [6.45, 7) is 6.98. The fourth-order valence-electron chi connectivity index (χ4n) is 3.73. The molecule has 2 heterocycles. The molecule has 0 aliphatic heterocycles. The predicted molar refractivity (Wildman–Crippen MR) is 123 cm³/mol. The number of pyridine rings is 1. The molecular formula is C24H28N4O4. The van der Waals surface area contributed by atoms with Crippen molar-refractivity contribution in [1.82, 2.24) is 19.9 Å². The Bertz CT molecular complexity index is 1250. The van der Waals surface area contributed by atoms with Gasteiger partial charge in [0.2, 0.25) is 0 Å². The molecule has 2 N–H and O–H groups in total. The molecule has 1 aliphatic rings. The van der Waals surface area contributed by atoms with E-state index >= 15 is 0 Å². The largest absolute Gasteiger partial charge is 0.492 e. The van der Waals surface area contributed by atoms with Crippen LogP contribution in [0.15, 0.2) is 39.9 Å². The molecule has 168 valence electrons. The minimum Gasteiger partial charge on any atom is -0.492 e. The second kappa shape index (κ2) is 8.98. The molecule has 0 saturated heterocycles. The Labute approximate surface area is 185 Å². The first-order valence-electron chi connectivity index (χ1n) is 11.1. The minimum absolute atomic E-state index is 0.138. The number of rotatable bonds is 8. The summed E-state index contributed by atoms with van der Waals surface area (Å²) in [4.78, 5) is 44.6. The highest BCUT2D eigenvalue weighted by Crippen LogP contribution is 2.39. The Morgan fingerprint density at radius 2 is 1.97 bits per heavy atom. The molecule has 0 bridgehead atoms. The van der Waals surface area contributed by atoms with Crippen molar-refractivity contribution in [2.45, 2.75) is 52.0 Å². The molecule has 1 fully saturated rings. The normalized spacial score (nSPS) is 13.5. The van der Waals surface area contributed by atoms with Crippen molar-refractivity contribution in [2.75, 3.05) is 13.2 Å². The van der Waals surface area contributed by atoms with E-state index in [2.05, 4.69) is 29.1 Å². The molecule has 8 heteroatoms. The van der Waals surface area contributed by atoms with Gasteiger partial charge in [-0.2, -0.15) is 0 Å². The van der Waals surface area contributed by atoms with Crippen molar-refractivity contribution in [3.05, 3.63) is 68.0 Å². The van der Waals surface area contributed by atoms with E-state index in [1.54, 1.807) is 13.0 Å². The van der Waals surface area contributed by atoms with Crippen molar-refractivity contribution >= 4 is 16.9 Å². The molecule has 2 aromatic heterocycles. The Morgan fingerprint density at radius 1 is 1.25 bits per heavy atom. The van der Waals surface area contributed by atoms with E-state index in [1.807, 2.05) is 24.3 Å². The maximum Gasteiger partial charge on any atom is 0.329 e. The third kappa shape index (κ3) is 4.44. The number of carbonyl (C=O) groups excluding carboxylic acids is 1. The third-order valence-electron chi connectivity index (χ3n) is 5.73. The van der Waals surface area contributed by atoms with Gasteiger partial charge in [0.25, 0.3) is 11.5 Å². The van der Waals surface area contributed by atoms with E-state index < -0.39 is 11.2 Å². The molecule has 1 amide bonds. The highest BCUT2D eigenvalue weighted by Gasteiger charge is 2.28. The average molecular weight is 437 g/mol. The quantitative estimate of drug-likeness (QED) is 0.528. The van der Waals surface area contributed by atoms with Gasteiger partial charge in [0, 0.05) is 18.2 Å². The van der Waals surface area contributed by atoms with Gasteiger partial charge >= 0.3 is 5.69 Å². The number of aromatic amines is 1. The summed E-state index contributed by atoms with van der Waals surface area (Å²) < 4.78 is 7.11. The number of aryl methyl sites for hydroxylation is 1. The van der Waals surface area contributed by atoms with Crippen LogP contribution in [-0.4, -0.2) is 33.6 Å². The summed E-state index contributed by atoms with van der Waals surface area (Å²) in [6.07, 6.45) is 1.98. The second-order valence-corrected chi connectivity index (χ2v) is 8.40. The average Bonchev–Trinajstić information content (AvgIpc) is 3.62. The number of H-pyrrole nitrogens is 1. The van der Waals surface area contributed by atoms with Gasteiger partial charge in [-0.1, -0.05) is 26.0 Å². The molecule has 1 aliphatic carbocycles. The molecule has 4 rings (SSSR count). The number of carbonyl (C=O) groups is 1. The summed E-state index contributed by atoms with van der Waals surface area (Å²) in [5.74, 6) is 1.07. The van der Waals surface area contributed by atoms with Crippen LogP contribution >= 0.6 is 0 Å². The van der Waals surface area contributed by atoms with Gasteiger partial charge in [-0.3, -0.25) is 19.1 Å². The van der Waals surface area contributed by atoms with E-state index in [0.29, 0.717) is 19.1 Å². The molecule has 1 saturated carbocycles. The van der Waals surface area contributed by atoms with E-state index in [0.717, 1.165) is 24.3 Å². The number of nitrogens with one attached hydrogen (secondary N) is 2. The zero-order chi connectivity index (χ0) is 22.8. The van der Waals surface area contributed by atoms with Crippen LogP contribution in [0.4, 0.5) is 0 Å². The van der Waals surface area contributed by atoms with E-state index in [1.165, 1.54) is 10.1 Å². The zero-order valence-electron chi connectivity index (χ0n) is 18.6. The molecular weight excluding hydrogens is 408 g/mol. The van der Waals surface area contributed by atoms with Crippen LogP contribution in [-0.2, 0) is 6.54 Å². The molecule has 3 aromatic rings. The van der Waals surface area contributed by atoms with Crippen molar-refractivity contribution in [3.63, 3.8) is 0 Å². The van der Waals surface area contributed by atoms with Crippen LogP contribution in [0.2, 0.25) is 0 Å². The molecule has 0 radical (unpaired) electrons. The second-order valence-electron chi connectivity index (χ2n) is 8.40. The molecule has 32 heavy (non-hydrogen) atoms. The highest BCUT2D eigenvalue weighted by atomic mass is 16.5. The first-order chi connectivity index (χ1) is 15.4. The van der Waals surface area contributed by atoms with Gasteiger partial charge < -0.3 is 10.1 Å². The number of amides is 1. The number of hydrogen-bond acceptors (Lipinski definition) is 5. The predicted octanol–water partition coefficient (Wildman–Crippen LogP) is 2.91. The smallest absolute Gasteiger partial charge is 0.329 e. The van der Waals surface area contributed by atoms with Gasteiger partial charge in [-0.15, -0.1) is 0 Å². The Balaban J connectivity index is 1.53. The first-order valence-corrected chi connectivity index (χ1v) is 11.1. The monoisotopic (exact) mass is 436 g/mol. The number of fused-ring (bicyclic) bond motifs is 1. The Hall–Kier alpha value is -3.42. The summed E-state index contributed by atoms with van der Waals surface area (Å²) in [6, 6.07) is 9.57. The van der Waals surface area contributed by atoms with Crippen LogP contribution in [0.1, 0.15) is 67.1 Å². The van der Waals surface area contributed by atoms with Gasteiger partial charge in [-0.05, 0) is 49.4 Å². The lowest BCUT2D eigenvalue weighted by Gasteiger charge is -2.13. The van der Waals surface area contributed by atoms with Crippen LogP contribution in [0, 0.1) is 0 Å². The van der Waals surface area contributed by atoms with Gasteiger partial charge in [0.15, 0.2) is 5.65 Å². The lowest BCUT2D eigenvalue weighted by Crippen LogP contribution is -2.34. The van der Waals surface area contributed by atoms with E-state index in [-0.39, 0.29) is 35.0 Å². The molecule has 0 unspecified atom stereocenters. The van der Waals surface area contributed by atoms with Gasteiger partial charge in [0.1, 0.15) is 12.4 Å². The lowest BCUT2D eigenvalue weighted by atomic mass is 10.0. The lowest BCUT2D eigenvalue weighted by molar-refractivity contribution is 0.0948. The van der Waals surface area contributed by atoms with Crippen molar-refractivity contribution in [2.24, 2.45) is 0 Å². The minimum atomic E-state index is -0.601. The number of aromatic nitrogens is 3. The topological polar surface area (TPSA) is 106 Å². The number of benzene rings is 1. The fourth-order valence-corrected chi connectivity index (χ4v) is 3.73. The van der Waals surface area contributed by atoms with Crippen LogP contribution in [0.25, 0.3) is 11.0 Å². The maximum absolute atomic E-state index is 13.0. The van der Waals surface area contributed by atoms with Crippen LogP contribution in [0.5, 0.6) is 5.75 Å². The first kappa shape index (κ1) is 21.8. The summed E-state index contributed by atoms with van der Waals surface area (Å²) >= 11 is 0. The Morgan fingerprint density at radius 3 is 2.59 bits per heavy atom. The summed E-state index contributed by atoms with van der Waals surface area (Å²) in [7, 11) is 0.